The maximum atomic E-state index is 13.7. The van der Waals surface area contributed by atoms with Crippen molar-refractivity contribution in [3.8, 4) is 0 Å². The fourth-order valence-electron chi connectivity index (χ4n) is 4.26. The maximum absolute atomic E-state index is 13.7. The van der Waals surface area contributed by atoms with Gasteiger partial charge >= 0.3 is 17.9 Å². The van der Waals surface area contributed by atoms with E-state index in [9.17, 15) is 33.6 Å². The second kappa shape index (κ2) is 22.3. The van der Waals surface area contributed by atoms with E-state index in [1.807, 2.05) is 6.07 Å². The van der Waals surface area contributed by atoms with Crippen molar-refractivity contribution in [2.75, 3.05) is 33.5 Å². The minimum absolute atomic E-state index is 0.00763. The Morgan fingerprint density at radius 1 is 0.667 bits per heavy atom. The highest BCUT2D eigenvalue weighted by Crippen LogP contribution is 2.13. The second-order valence-corrected chi connectivity index (χ2v) is 13.5. The topological polar surface area (TPSA) is 214 Å². The predicted octanol–water partition coefficient (Wildman–Crippen LogP) is 1.23. The molecule has 1 aromatic rings. The van der Waals surface area contributed by atoms with E-state index >= 15 is 0 Å². The van der Waals surface area contributed by atoms with Gasteiger partial charge in [-0.25, -0.2) is 0 Å². The van der Waals surface area contributed by atoms with Crippen molar-refractivity contribution in [2.24, 2.45) is 0 Å². The van der Waals surface area contributed by atoms with Gasteiger partial charge in [-0.2, -0.15) is 0 Å². The molecule has 0 bridgehead atoms. The van der Waals surface area contributed by atoms with E-state index in [-0.39, 0.29) is 39.2 Å². The second-order valence-electron chi connectivity index (χ2n) is 13.5. The number of carbonyl (C=O) groups is 7. The molecule has 1 rings (SSSR count). The van der Waals surface area contributed by atoms with Crippen LogP contribution in [0.15, 0.2) is 30.3 Å². The molecule has 4 N–H and O–H groups in total. The van der Waals surface area contributed by atoms with Gasteiger partial charge < -0.3 is 45.0 Å². The summed E-state index contributed by atoms with van der Waals surface area (Å²) in [6, 6.07) is 4.54. The minimum Gasteiger partial charge on any atom is -0.461 e. The van der Waals surface area contributed by atoms with E-state index in [0.29, 0.717) is 6.61 Å². The quantitative estimate of drug-likeness (QED) is 0.0802. The van der Waals surface area contributed by atoms with Crippen molar-refractivity contribution < 1.29 is 57.2 Å². The molecule has 286 valence electrons. The first-order valence-electron chi connectivity index (χ1n) is 16.6. The lowest BCUT2D eigenvalue weighted by Gasteiger charge is -2.26. The zero-order valence-electron chi connectivity index (χ0n) is 30.9. The summed E-state index contributed by atoms with van der Waals surface area (Å²) in [7, 11) is 1.51. The first-order chi connectivity index (χ1) is 23.8. The molecule has 0 saturated heterocycles. The molecule has 0 heterocycles. The number of hydrogen-bond donors (Lipinski definition) is 4. The molecule has 0 fully saturated rings. The van der Waals surface area contributed by atoms with Gasteiger partial charge in [0.05, 0.1) is 32.7 Å². The van der Waals surface area contributed by atoms with E-state index in [2.05, 4.69) is 21.3 Å². The van der Waals surface area contributed by atoms with Gasteiger partial charge in [0.1, 0.15) is 35.9 Å². The molecule has 0 spiro atoms. The molecule has 3 atom stereocenters. The molecule has 0 aliphatic carbocycles. The summed E-state index contributed by atoms with van der Waals surface area (Å²) in [5.41, 5.74) is -1.07. The van der Waals surface area contributed by atoms with Crippen LogP contribution in [0.3, 0.4) is 0 Å². The van der Waals surface area contributed by atoms with Gasteiger partial charge in [-0.05, 0) is 53.5 Å². The van der Waals surface area contributed by atoms with Crippen LogP contribution in [-0.2, 0) is 63.9 Å². The Labute approximate surface area is 299 Å². The van der Waals surface area contributed by atoms with Gasteiger partial charge in [0, 0.05) is 27.0 Å². The Morgan fingerprint density at radius 3 is 1.71 bits per heavy atom. The molecular formula is C35H54N4O12. The van der Waals surface area contributed by atoms with E-state index in [1.165, 1.54) is 14.0 Å². The van der Waals surface area contributed by atoms with Gasteiger partial charge in [-0.1, -0.05) is 30.3 Å². The zero-order valence-corrected chi connectivity index (χ0v) is 30.9. The largest absolute Gasteiger partial charge is 0.461 e. The van der Waals surface area contributed by atoms with Crippen LogP contribution in [0, 0.1) is 0 Å². The van der Waals surface area contributed by atoms with Crippen molar-refractivity contribution in [1.82, 2.24) is 21.3 Å². The van der Waals surface area contributed by atoms with Crippen LogP contribution in [0.1, 0.15) is 79.7 Å². The predicted molar refractivity (Wildman–Crippen MR) is 184 cm³/mol. The summed E-state index contributed by atoms with van der Waals surface area (Å²) >= 11 is 0. The Kier molecular flexibility index (Phi) is 19.4. The number of benzene rings is 1. The fraction of sp³-hybridized carbons (Fsp3) is 0.629. The number of methoxy groups -OCH3 is 1. The van der Waals surface area contributed by atoms with Gasteiger partial charge in [-0.3, -0.25) is 33.6 Å². The van der Waals surface area contributed by atoms with E-state index in [1.54, 1.807) is 65.8 Å². The first-order valence-corrected chi connectivity index (χ1v) is 16.6. The Balaban J connectivity index is 3.18. The van der Waals surface area contributed by atoms with E-state index in [4.69, 9.17) is 23.7 Å². The summed E-state index contributed by atoms with van der Waals surface area (Å²) in [5, 5.41) is 9.88. The summed E-state index contributed by atoms with van der Waals surface area (Å²) in [6.45, 7) is 11.7. The summed E-state index contributed by atoms with van der Waals surface area (Å²) in [6.07, 6.45) is -1.71. The number of carbonyl (C=O) groups excluding carboxylic acids is 7. The molecule has 16 nitrogen and oxygen atoms in total. The summed E-state index contributed by atoms with van der Waals surface area (Å²) < 4.78 is 26.2. The Hall–Kier alpha value is -4.57. The average molecular weight is 723 g/mol. The highest BCUT2D eigenvalue weighted by molar-refractivity contribution is 5.97. The molecule has 0 unspecified atom stereocenters. The van der Waals surface area contributed by atoms with Crippen molar-refractivity contribution in [3.05, 3.63) is 35.9 Å². The molecule has 16 heteroatoms. The lowest BCUT2D eigenvalue weighted by Crippen LogP contribution is -2.57. The molecule has 4 amide bonds. The van der Waals surface area contributed by atoms with Gasteiger partial charge in [0.25, 0.3) is 0 Å². The van der Waals surface area contributed by atoms with Crippen LogP contribution in [-0.4, -0.2) is 104 Å². The Morgan fingerprint density at radius 2 is 1.20 bits per heavy atom. The number of nitrogens with one attached hydrogen (secondary N) is 4. The SMILES string of the molecule is COCCOCCNC(=O)[C@H](CC(=O)OC(C)(C)C)NC(=O)[C@H](CC(=O)OC(C)(C)C)NC(=O)[C@@H](CCC(=O)OCc1ccccc1)NC(C)=O. The lowest BCUT2D eigenvalue weighted by atomic mass is 10.1. The van der Waals surface area contributed by atoms with E-state index in [0.717, 1.165) is 5.56 Å². The minimum atomic E-state index is -1.63. The van der Waals surface area contributed by atoms with Crippen molar-refractivity contribution in [2.45, 2.75) is 110 Å². The zero-order chi connectivity index (χ0) is 38.6. The van der Waals surface area contributed by atoms with E-state index < -0.39 is 83.7 Å². The first kappa shape index (κ1) is 44.5. The highest BCUT2D eigenvalue weighted by atomic mass is 16.6. The average Bonchev–Trinajstić information content (AvgIpc) is 3.01. The number of esters is 3. The smallest absolute Gasteiger partial charge is 0.308 e. The number of hydrogen-bond acceptors (Lipinski definition) is 12. The fourth-order valence-corrected chi connectivity index (χ4v) is 4.26. The third kappa shape index (κ3) is 21.3. The number of ether oxygens (including phenoxy) is 5. The molecular weight excluding hydrogens is 668 g/mol. The van der Waals surface area contributed by atoms with Crippen LogP contribution < -0.4 is 21.3 Å². The maximum Gasteiger partial charge on any atom is 0.308 e. The summed E-state index contributed by atoms with van der Waals surface area (Å²) in [4.78, 5) is 90.3. The Bertz CT molecular complexity index is 1310. The van der Waals surface area contributed by atoms with Crippen LogP contribution >= 0.6 is 0 Å². The molecule has 0 aromatic heterocycles. The monoisotopic (exact) mass is 722 g/mol. The lowest BCUT2D eigenvalue weighted by molar-refractivity contribution is -0.158. The number of rotatable bonds is 21. The standard InChI is InChI=1S/C35H54N4O12/c1-23(40)37-25(14-15-28(41)49-22-24-12-10-9-11-13-24)32(45)39-27(21-30(43)51-35(5,6)7)33(46)38-26(20-29(42)50-34(2,3)4)31(44)36-16-17-48-19-18-47-8/h9-13,25-27H,14-22H2,1-8H3,(H,36,44)(H,37,40)(H,38,46)(H,39,45)/t25-,26+,27+/m1/s1. The van der Waals surface area contributed by atoms with Crippen LogP contribution in [0.4, 0.5) is 0 Å². The van der Waals surface area contributed by atoms with Crippen LogP contribution in [0.5, 0.6) is 0 Å². The van der Waals surface area contributed by atoms with Crippen LogP contribution in [0.25, 0.3) is 0 Å². The molecule has 51 heavy (non-hydrogen) atoms. The van der Waals surface area contributed by atoms with Gasteiger partial charge in [0.15, 0.2) is 0 Å². The molecule has 0 aliphatic heterocycles. The van der Waals surface area contributed by atoms with Crippen LogP contribution in [0.2, 0.25) is 0 Å². The van der Waals surface area contributed by atoms with Crippen molar-refractivity contribution >= 4 is 41.5 Å². The van der Waals surface area contributed by atoms with Gasteiger partial charge in [-0.15, -0.1) is 0 Å². The highest BCUT2D eigenvalue weighted by Gasteiger charge is 2.34. The molecule has 0 radical (unpaired) electrons. The molecule has 1 aromatic carbocycles. The van der Waals surface area contributed by atoms with Crippen molar-refractivity contribution in [1.29, 1.82) is 0 Å². The van der Waals surface area contributed by atoms with Crippen molar-refractivity contribution in [3.63, 3.8) is 0 Å². The number of amides is 4. The van der Waals surface area contributed by atoms with Gasteiger partial charge in [0.2, 0.25) is 23.6 Å². The normalized spacial score (nSPS) is 13.1. The molecule has 0 aliphatic rings. The third-order valence-corrected chi connectivity index (χ3v) is 6.40. The third-order valence-electron chi connectivity index (χ3n) is 6.40. The molecule has 0 saturated carbocycles. The summed E-state index contributed by atoms with van der Waals surface area (Å²) in [5.74, 6) is -5.53.